The van der Waals surface area contributed by atoms with Crippen molar-refractivity contribution in [1.29, 1.82) is 0 Å². The third-order valence-corrected chi connectivity index (χ3v) is 1.96. The fourth-order valence-electron chi connectivity index (χ4n) is 1.09. The van der Waals surface area contributed by atoms with Gasteiger partial charge < -0.3 is 9.73 Å². The van der Waals surface area contributed by atoms with Gasteiger partial charge in [-0.05, 0) is 30.5 Å². The van der Waals surface area contributed by atoms with Crippen LogP contribution >= 0.6 is 0 Å². The molecule has 0 bridgehead atoms. The van der Waals surface area contributed by atoms with E-state index in [0.29, 0.717) is 11.7 Å². The van der Waals surface area contributed by atoms with Crippen molar-refractivity contribution in [1.82, 2.24) is 5.32 Å². The molecule has 0 aliphatic carbocycles. The van der Waals surface area contributed by atoms with Gasteiger partial charge in [-0.1, -0.05) is 13.8 Å². The molecule has 3 heteroatoms. The Balaban J connectivity index is 2.24. The topological polar surface area (TPSA) is 42.2 Å². The van der Waals surface area contributed by atoms with Crippen LogP contribution in [0.25, 0.3) is 6.08 Å². The molecule has 1 N–H and O–H groups in total. The zero-order valence-electron chi connectivity index (χ0n) is 9.19. The van der Waals surface area contributed by atoms with E-state index >= 15 is 0 Å². The maximum atomic E-state index is 11.3. The first-order valence-electron chi connectivity index (χ1n) is 5.18. The maximum Gasteiger partial charge on any atom is 0.244 e. The van der Waals surface area contributed by atoms with Crippen LogP contribution in [-0.2, 0) is 4.79 Å². The molecular formula is C12H17NO2. The van der Waals surface area contributed by atoms with Gasteiger partial charge in [0.1, 0.15) is 5.76 Å². The molecule has 1 heterocycles. The molecule has 82 valence electrons. The number of amides is 1. The molecule has 0 aromatic carbocycles. The average Bonchev–Trinajstić information content (AvgIpc) is 2.66. The number of hydrogen-bond acceptors (Lipinski definition) is 2. The summed E-state index contributed by atoms with van der Waals surface area (Å²) in [4.78, 5) is 11.3. The zero-order chi connectivity index (χ0) is 11.1. The van der Waals surface area contributed by atoms with Gasteiger partial charge in [0.2, 0.25) is 5.91 Å². The van der Waals surface area contributed by atoms with E-state index in [-0.39, 0.29) is 5.91 Å². The number of carbonyl (C=O) groups excluding carboxylic acids is 1. The van der Waals surface area contributed by atoms with Gasteiger partial charge in [-0.3, -0.25) is 4.79 Å². The number of rotatable bonds is 5. The van der Waals surface area contributed by atoms with Crippen molar-refractivity contribution in [3.63, 3.8) is 0 Å². The Hall–Kier alpha value is -1.51. The van der Waals surface area contributed by atoms with Crippen LogP contribution in [0.1, 0.15) is 26.0 Å². The third kappa shape index (κ3) is 5.05. The van der Waals surface area contributed by atoms with Gasteiger partial charge in [0, 0.05) is 12.6 Å². The summed E-state index contributed by atoms with van der Waals surface area (Å²) < 4.78 is 5.06. The first-order chi connectivity index (χ1) is 7.18. The fraction of sp³-hybridized carbons (Fsp3) is 0.417. The van der Waals surface area contributed by atoms with Gasteiger partial charge in [-0.2, -0.15) is 0 Å². The van der Waals surface area contributed by atoms with Gasteiger partial charge in [0.05, 0.1) is 6.26 Å². The Morgan fingerprint density at radius 1 is 1.60 bits per heavy atom. The number of carbonyl (C=O) groups is 1. The largest absolute Gasteiger partial charge is 0.465 e. The minimum Gasteiger partial charge on any atom is -0.465 e. The van der Waals surface area contributed by atoms with Gasteiger partial charge in [-0.15, -0.1) is 0 Å². The second-order valence-corrected chi connectivity index (χ2v) is 3.82. The van der Waals surface area contributed by atoms with E-state index in [4.69, 9.17) is 4.42 Å². The molecule has 1 amide bonds. The summed E-state index contributed by atoms with van der Waals surface area (Å²) >= 11 is 0. The van der Waals surface area contributed by atoms with Crippen LogP contribution in [0.2, 0.25) is 0 Å². The quantitative estimate of drug-likeness (QED) is 0.753. The van der Waals surface area contributed by atoms with Crippen LogP contribution in [-0.4, -0.2) is 12.5 Å². The molecule has 0 aliphatic rings. The number of nitrogens with one attached hydrogen (secondary N) is 1. The highest BCUT2D eigenvalue weighted by Gasteiger charge is 1.97. The Bertz CT molecular complexity index is 312. The Kier molecular flexibility index (Phi) is 4.68. The zero-order valence-corrected chi connectivity index (χ0v) is 9.19. The van der Waals surface area contributed by atoms with Gasteiger partial charge in [0.15, 0.2) is 0 Å². The van der Waals surface area contributed by atoms with Crippen molar-refractivity contribution in [2.24, 2.45) is 5.92 Å². The highest BCUT2D eigenvalue weighted by atomic mass is 16.3. The molecule has 0 fully saturated rings. The molecule has 0 saturated heterocycles. The van der Waals surface area contributed by atoms with Crippen molar-refractivity contribution in [3.05, 3.63) is 30.2 Å². The molecule has 1 aromatic heterocycles. The summed E-state index contributed by atoms with van der Waals surface area (Å²) in [5.74, 6) is 1.22. The number of furan rings is 1. The Labute approximate surface area is 90.2 Å². The second-order valence-electron chi connectivity index (χ2n) is 3.82. The first kappa shape index (κ1) is 11.6. The van der Waals surface area contributed by atoms with E-state index in [1.807, 2.05) is 0 Å². The summed E-state index contributed by atoms with van der Waals surface area (Å²) in [6, 6.07) is 3.59. The van der Waals surface area contributed by atoms with Crippen LogP contribution in [0.15, 0.2) is 28.9 Å². The van der Waals surface area contributed by atoms with Crippen LogP contribution < -0.4 is 5.32 Å². The van der Waals surface area contributed by atoms with Crippen LogP contribution in [0, 0.1) is 5.92 Å². The normalized spacial score (nSPS) is 11.1. The highest BCUT2D eigenvalue weighted by molar-refractivity contribution is 5.91. The minimum absolute atomic E-state index is 0.0768. The summed E-state index contributed by atoms with van der Waals surface area (Å²) in [6.45, 7) is 4.98. The van der Waals surface area contributed by atoms with Crippen molar-refractivity contribution in [2.75, 3.05) is 6.54 Å². The SMILES string of the molecule is CC(C)CCNC(=O)C=Cc1ccco1. The molecule has 0 unspecified atom stereocenters. The van der Waals surface area contributed by atoms with E-state index in [1.165, 1.54) is 6.08 Å². The molecule has 0 spiro atoms. The predicted molar refractivity (Wildman–Crippen MR) is 60.2 cm³/mol. The monoisotopic (exact) mass is 207 g/mol. The van der Waals surface area contributed by atoms with Crippen molar-refractivity contribution in [3.8, 4) is 0 Å². The molecule has 0 atom stereocenters. The standard InChI is InChI=1S/C12H17NO2/c1-10(2)7-8-13-12(14)6-5-11-4-3-9-15-11/h3-6,9-10H,7-8H2,1-2H3,(H,13,14). The fourth-order valence-corrected chi connectivity index (χ4v) is 1.09. The van der Waals surface area contributed by atoms with E-state index in [1.54, 1.807) is 24.5 Å². The minimum atomic E-state index is -0.0768. The lowest BCUT2D eigenvalue weighted by Gasteiger charge is -2.04. The second kappa shape index (κ2) is 6.06. The van der Waals surface area contributed by atoms with Gasteiger partial charge in [0.25, 0.3) is 0 Å². The van der Waals surface area contributed by atoms with Gasteiger partial charge >= 0.3 is 0 Å². The lowest BCUT2D eigenvalue weighted by molar-refractivity contribution is -0.116. The third-order valence-electron chi connectivity index (χ3n) is 1.96. The summed E-state index contributed by atoms with van der Waals surface area (Å²) in [6.07, 6.45) is 5.72. The molecular weight excluding hydrogens is 190 g/mol. The molecule has 3 nitrogen and oxygen atoms in total. The van der Waals surface area contributed by atoms with Crippen molar-refractivity contribution < 1.29 is 9.21 Å². The average molecular weight is 207 g/mol. The van der Waals surface area contributed by atoms with Crippen molar-refractivity contribution in [2.45, 2.75) is 20.3 Å². The maximum absolute atomic E-state index is 11.3. The Morgan fingerprint density at radius 3 is 3.00 bits per heavy atom. The van der Waals surface area contributed by atoms with Crippen LogP contribution in [0.3, 0.4) is 0 Å². The van der Waals surface area contributed by atoms with E-state index in [2.05, 4.69) is 19.2 Å². The lowest BCUT2D eigenvalue weighted by atomic mass is 10.1. The lowest BCUT2D eigenvalue weighted by Crippen LogP contribution is -2.22. The Morgan fingerprint density at radius 2 is 2.40 bits per heavy atom. The van der Waals surface area contributed by atoms with E-state index in [0.717, 1.165) is 13.0 Å². The van der Waals surface area contributed by atoms with Crippen LogP contribution in [0.5, 0.6) is 0 Å². The summed E-state index contributed by atoms with van der Waals surface area (Å²) in [5.41, 5.74) is 0. The molecule has 0 aliphatic heterocycles. The van der Waals surface area contributed by atoms with Crippen molar-refractivity contribution >= 4 is 12.0 Å². The van der Waals surface area contributed by atoms with E-state index < -0.39 is 0 Å². The highest BCUT2D eigenvalue weighted by Crippen LogP contribution is 2.01. The molecule has 15 heavy (non-hydrogen) atoms. The summed E-state index contributed by atoms with van der Waals surface area (Å²) in [5, 5.41) is 2.81. The predicted octanol–water partition coefficient (Wildman–Crippen LogP) is 2.46. The molecule has 0 radical (unpaired) electrons. The van der Waals surface area contributed by atoms with Crippen LogP contribution in [0.4, 0.5) is 0 Å². The molecule has 1 rings (SSSR count). The van der Waals surface area contributed by atoms with Gasteiger partial charge in [-0.25, -0.2) is 0 Å². The molecule has 1 aromatic rings. The smallest absolute Gasteiger partial charge is 0.244 e. The summed E-state index contributed by atoms with van der Waals surface area (Å²) in [7, 11) is 0. The molecule has 0 saturated carbocycles. The van der Waals surface area contributed by atoms with E-state index in [9.17, 15) is 4.79 Å². The first-order valence-corrected chi connectivity index (χ1v) is 5.18. The number of hydrogen-bond donors (Lipinski definition) is 1.